The standard InChI is InChI=1S/C30H20N6OS/c37-30(18-5-2-1-3-6-18)33-21-11-20(14-31-15-21)26-13-24-28(16-32-26)35-36-29(24)27-12-23-22(19-9-10-38-17-19)7-4-8-25(23)34-27/h1-17,34H,(H,33,37)(H,35,36). The second-order valence-corrected chi connectivity index (χ2v) is 9.71. The van der Waals surface area contributed by atoms with Gasteiger partial charge in [0.05, 0.1) is 35.0 Å². The van der Waals surface area contributed by atoms with Crippen LogP contribution in [0.15, 0.2) is 102 Å². The van der Waals surface area contributed by atoms with E-state index in [0.717, 1.165) is 44.5 Å². The van der Waals surface area contributed by atoms with Gasteiger partial charge in [0.15, 0.2) is 0 Å². The van der Waals surface area contributed by atoms with Crippen LogP contribution in [0.4, 0.5) is 5.69 Å². The Hall–Kier alpha value is -5.08. The van der Waals surface area contributed by atoms with Crippen molar-refractivity contribution >= 4 is 44.7 Å². The summed E-state index contributed by atoms with van der Waals surface area (Å²) in [5, 5.41) is 17.0. The number of aromatic amines is 2. The molecule has 3 N–H and O–H groups in total. The lowest BCUT2D eigenvalue weighted by Gasteiger charge is -2.07. The Morgan fingerprint density at radius 1 is 0.842 bits per heavy atom. The van der Waals surface area contributed by atoms with Gasteiger partial charge in [0.1, 0.15) is 5.69 Å². The molecule has 0 unspecified atom stereocenters. The maximum absolute atomic E-state index is 12.6. The number of carbonyl (C=O) groups excluding carboxylic acids is 1. The van der Waals surface area contributed by atoms with Gasteiger partial charge >= 0.3 is 0 Å². The predicted molar refractivity (Wildman–Crippen MR) is 152 cm³/mol. The molecule has 0 saturated heterocycles. The minimum Gasteiger partial charge on any atom is -0.353 e. The molecule has 7 rings (SSSR count). The summed E-state index contributed by atoms with van der Waals surface area (Å²) >= 11 is 1.69. The minimum absolute atomic E-state index is 0.189. The van der Waals surface area contributed by atoms with Gasteiger partial charge in [0.25, 0.3) is 5.91 Å². The van der Waals surface area contributed by atoms with Crippen LogP contribution in [0.3, 0.4) is 0 Å². The van der Waals surface area contributed by atoms with E-state index in [9.17, 15) is 4.79 Å². The molecule has 0 saturated carbocycles. The molecule has 0 atom stereocenters. The van der Waals surface area contributed by atoms with Crippen molar-refractivity contribution in [1.29, 1.82) is 0 Å². The number of carbonyl (C=O) groups is 1. The van der Waals surface area contributed by atoms with Crippen LogP contribution < -0.4 is 5.32 Å². The summed E-state index contributed by atoms with van der Waals surface area (Å²) in [6, 6.07) is 23.5. The summed E-state index contributed by atoms with van der Waals surface area (Å²) in [5.74, 6) is -0.189. The van der Waals surface area contributed by atoms with Crippen molar-refractivity contribution < 1.29 is 4.79 Å². The zero-order valence-electron chi connectivity index (χ0n) is 20.0. The predicted octanol–water partition coefficient (Wildman–Crippen LogP) is 7.15. The fourth-order valence-corrected chi connectivity index (χ4v) is 5.33. The molecule has 7 nitrogen and oxygen atoms in total. The van der Waals surface area contributed by atoms with Gasteiger partial charge < -0.3 is 10.3 Å². The molecule has 5 aromatic heterocycles. The molecule has 0 radical (unpaired) electrons. The first kappa shape index (κ1) is 22.1. The number of rotatable bonds is 5. The fraction of sp³-hybridized carbons (Fsp3) is 0. The second kappa shape index (κ2) is 9.10. The fourth-order valence-electron chi connectivity index (χ4n) is 4.67. The van der Waals surface area contributed by atoms with Crippen LogP contribution in [-0.2, 0) is 0 Å². The van der Waals surface area contributed by atoms with Gasteiger partial charge in [0, 0.05) is 33.6 Å². The molecule has 182 valence electrons. The van der Waals surface area contributed by atoms with Gasteiger partial charge in [-0.1, -0.05) is 30.3 Å². The quantitative estimate of drug-likeness (QED) is 0.228. The van der Waals surface area contributed by atoms with E-state index in [4.69, 9.17) is 0 Å². The number of amides is 1. The number of hydrogen-bond acceptors (Lipinski definition) is 5. The van der Waals surface area contributed by atoms with Crippen LogP contribution in [-0.4, -0.2) is 31.1 Å². The minimum atomic E-state index is -0.189. The lowest BCUT2D eigenvalue weighted by atomic mass is 10.0. The van der Waals surface area contributed by atoms with E-state index in [-0.39, 0.29) is 5.91 Å². The number of hydrogen-bond donors (Lipinski definition) is 3. The van der Waals surface area contributed by atoms with Crippen LogP contribution >= 0.6 is 11.3 Å². The van der Waals surface area contributed by atoms with E-state index in [1.165, 1.54) is 11.1 Å². The highest BCUT2D eigenvalue weighted by Crippen LogP contribution is 2.35. The van der Waals surface area contributed by atoms with E-state index in [1.54, 1.807) is 42.1 Å². The van der Waals surface area contributed by atoms with Crippen LogP contribution in [0.25, 0.3) is 55.6 Å². The lowest BCUT2D eigenvalue weighted by molar-refractivity contribution is 0.102. The van der Waals surface area contributed by atoms with Gasteiger partial charge in [-0.3, -0.25) is 19.9 Å². The smallest absolute Gasteiger partial charge is 0.255 e. The van der Waals surface area contributed by atoms with Gasteiger partial charge in [-0.2, -0.15) is 16.4 Å². The number of anilines is 1. The molecule has 0 fully saturated rings. The number of nitrogens with one attached hydrogen (secondary N) is 3. The van der Waals surface area contributed by atoms with Crippen LogP contribution in [0.2, 0.25) is 0 Å². The Balaban J connectivity index is 1.25. The van der Waals surface area contributed by atoms with E-state index >= 15 is 0 Å². The Labute approximate surface area is 221 Å². The number of benzene rings is 2. The molecule has 7 aromatic rings. The van der Waals surface area contributed by atoms with Gasteiger partial charge in [-0.25, -0.2) is 0 Å². The van der Waals surface area contributed by atoms with E-state index in [1.807, 2.05) is 30.3 Å². The number of nitrogens with zero attached hydrogens (tertiary/aromatic N) is 3. The lowest BCUT2D eigenvalue weighted by Crippen LogP contribution is -2.11. The maximum Gasteiger partial charge on any atom is 0.255 e. The first-order valence-corrected chi connectivity index (χ1v) is 13.0. The second-order valence-electron chi connectivity index (χ2n) is 8.93. The third-order valence-corrected chi connectivity index (χ3v) is 7.21. The van der Waals surface area contributed by atoms with Crippen molar-refractivity contribution in [2.45, 2.75) is 0 Å². The van der Waals surface area contributed by atoms with E-state index < -0.39 is 0 Å². The summed E-state index contributed by atoms with van der Waals surface area (Å²) in [5.41, 5.74) is 8.74. The number of aromatic nitrogens is 5. The SMILES string of the molecule is O=C(Nc1cncc(-c2cc3c(-c4cc5c(-c6ccsc6)cccc5[nH]4)n[nH]c3cn2)c1)c1ccccc1. The summed E-state index contributed by atoms with van der Waals surface area (Å²) in [6.45, 7) is 0. The molecule has 38 heavy (non-hydrogen) atoms. The highest BCUT2D eigenvalue weighted by molar-refractivity contribution is 7.08. The highest BCUT2D eigenvalue weighted by atomic mass is 32.1. The molecule has 2 aromatic carbocycles. The average Bonchev–Trinajstić information content (AvgIpc) is 3.73. The average molecular weight is 513 g/mol. The third kappa shape index (κ3) is 3.93. The molecule has 0 aliphatic rings. The topological polar surface area (TPSA) is 99.4 Å². The van der Waals surface area contributed by atoms with Crippen molar-refractivity contribution in [3.05, 3.63) is 108 Å². The van der Waals surface area contributed by atoms with Crippen LogP contribution in [0, 0.1) is 0 Å². The molecule has 0 aliphatic heterocycles. The summed E-state index contributed by atoms with van der Waals surface area (Å²) in [6.07, 6.45) is 5.14. The number of H-pyrrole nitrogens is 2. The molecule has 0 bridgehead atoms. The van der Waals surface area contributed by atoms with Gasteiger partial charge in [0.2, 0.25) is 0 Å². The van der Waals surface area contributed by atoms with Crippen molar-refractivity contribution in [1.82, 2.24) is 25.1 Å². The largest absolute Gasteiger partial charge is 0.353 e. The van der Waals surface area contributed by atoms with Crippen molar-refractivity contribution in [3.8, 4) is 33.8 Å². The molecule has 5 heterocycles. The van der Waals surface area contributed by atoms with Gasteiger partial charge in [-0.15, -0.1) is 0 Å². The Morgan fingerprint density at radius 2 is 1.76 bits per heavy atom. The van der Waals surface area contributed by atoms with Gasteiger partial charge in [-0.05, 0) is 64.4 Å². The summed E-state index contributed by atoms with van der Waals surface area (Å²) < 4.78 is 0. The zero-order valence-corrected chi connectivity index (χ0v) is 20.8. The third-order valence-electron chi connectivity index (χ3n) is 6.53. The van der Waals surface area contributed by atoms with Crippen molar-refractivity contribution in [2.24, 2.45) is 0 Å². The Morgan fingerprint density at radius 3 is 2.63 bits per heavy atom. The summed E-state index contributed by atoms with van der Waals surface area (Å²) in [7, 11) is 0. The van der Waals surface area contributed by atoms with E-state index in [2.05, 4.69) is 71.6 Å². The first-order chi connectivity index (χ1) is 18.7. The number of fused-ring (bicyclic) bond motifs is 2. The van der Waals surface area contributed by atoms with E-state index in [0.29, 0.717) is 11.3 Å². The first-order valence-electron chi connectivity index (χ1n) is 12.0. The maximum atomic E-state index is 12.6. The number of pyridine rings is 2. The molecule has 1 amide bonds. The monoisotopic (exact) mass is 512 g/mol. The Kier molecular flexibility index (Phi) is 5.30. The molecule has 0 spiro atoms. The molecular formula is C30H20N6OS. The molecule has 0 aliphatic carbocycles. The molecule has 8 heteroatoms. The highest BCUT2D eigenvalue weighted by Gasteiger charge is 2.15. The molecular weight excluding hydrogens is 492 g/mol. The summed E-state index contributed by atoms with van der Waals surface area (Å²) in [4.78, 5) is 25.1. The van der Waals surface area contributed by atoms with Crippen LogP contribution in [0.1, 0.15) is 10.4 Å². The normalized spacial score (nSPS) is 11.3. The van der Waals surface area contributed by atoms with Crippen molar-refractivity contribution in [2.75, 3.05) is 5.32 Å². The zero-order chi connectivity index (χ0) is 25.5. The Bertz CT molecular complexity index is 1920. The van der Waals surface area contributed by atoms with Crippen molar-refractivity contribution in [3.63, 3.8) is 0 Å². The number of thiophene rings is 1. The van der Waals surface area contributed by atoms with Crippen LogP contribution in [0.5, 0.6) is 0 Å².